The molecule has 2 atom stereocenters. The second-order valence-corrected chi connectivity index (χ2v) is 7.83. The minimum absolute atomic E-state index is 0.124. The van der Waals surface area contributed by atoms with Crippen molar-refractivity contribution in [3.8, 4) is 0 Å². The number of amides is 1. The molecule has 1 N–H and O–H groups in total. The summed E-state index contributed by atoms with van der Waals surface area (Å²) < 4.78 is 0.794. The van der Waals surface area contributed by atoms with E-state index in [1.165, 1.54) is 12.8 Å². The van der Waals surface area contributed by atoms with Crippen molar-refractivity contribution in [2.45, 2.75) is 40.0 Å². The van der Waals surface area contributed by atoms with Crippen LogP contribution in [0, 0.1) is 16.7 Å². The average Bonchev–Trinajstić information content (AvgIpc) is 2.78. The van der Waals surface area contributed by atoms with Gasteiger partial charge in [0.1, 0.15) is 0 Å². The van der Waals surface area contributed by atoms with Gasteiger partial charge in [0.15, 0.2) is 0 Å². The first kappa shape index (κ1) is 14.8. The van der Waals surface area contributed by atoms with Crippen LogP contribution in [0.15, 0.2) is 33.8 Å². The summed E-state index contributed by atoms with van der Waals surface area (Å²) in [6.45, 7) is 6.97. The predicted molar refractivity (Wildman–Crippen MR) is 88.3 cm³/mol. The van der Waals surface area contributed by atoms with Gasteiger partial charge in [0, 0.05) is 15.6 Å². The molecule has 112 valence electrons. The fraction of sp³-hybridized carbons (Fsp3) is 0.529. The summed E-state index contributed by atoms with van der Waals surface area (Å²) in [6, 6.07) is 7.41. The number of nitrogens with one attached hydrogen (secondary N) is 1. The van der Waals surface area contributed by atoms with E-state index in [1.807, 2.05) is 18.2 Å². The Labute approximate surface area is 134 Å². The van der Waals surface area contributed by atoms with E-state index < -0.39 is 0 Å². The number of nitrogens with zero attached hydrogens (tertiary/aromatic N) is 1. The molecule has 0 heterocycles. The van der Waals surface area contributed by atoms with Crippen molar-refractivity contribution >= 4 is 27.5 Å². The molecule has 3 nitrogen and oxygen atoms in total. The van der Waals surface area contributed by atoms with E-state index in [1.54, 1.807) is 6.07 Å². The molecule has 1 aromatic carbocycles. The molecule has 0 radical (unpaired) electrons. The van der Waals surface area contributed by atoms with Crippen LogP contribution in [0.25, 0.3) is 0 Å². The van der Waals surface area contributed by atoms with Crippen LogP contribution in [-0.2, 0) is 0 Å². The monoisotopic (exact) mass is 348 g/mol. The van der Waals surface area contributed by atoms with E-state index in [2.05, 4.69) is 47.2 Å². The Hall–Kier alpha value is -1.16. The van der Waals surface area contributed by atoms with Gasteiger partial charge < -0.3 is 0 Å². The number of hydrazone groups is 1. The molecule has 4 heteroatoms. The van der Waals surface area contributed by atoms with Gasteiger partial charge in [-0.1, -0.05) is 32.9 Å². The Bertz CT molecular complexity index is 623. The molecule has 2 saturated carbocycles. The second kappa shape index (κ2) is 4.94. The van der Waals surface area contributed by atoms with E-state index in [0.29, 0.717) is 11.5 Å². The minimum atomic E-state index is -0.154. The third-order valence-corrected chi connectivity index (χ3v) is 6.61. The summed E-state index contributed by atoms with van der Waals surface area (Å²) in [5.41, 5.74) is 4.93. The van der Waals surface area contributed by atoms with E-state index >= 15 is 0 Å². The first-order valence-electron chi connectivity index (χ1n) is 7.48. The molecule has 2 bridgehead atoms. The Morgan fingerprint density at radius 2 is 2.05 bits per heavy atom. The summed E-state index contributed by atoms with van der Waals surface area (Å²) in [5.74, 6) is 0.542. The topological polar surface area (TPSA) is 41.5 Å². The van der Waals surface area contributed by atoms with E-state index in [0.717, 1.165) is 16.6 Å². The molecular weight excluding hydrogens is 328 g/mol. The number of hydrogen-bond donors (Lipinski definition) is 1. The maximum Gasteiger partial charge on any atom is 0.272 e. The highest BCUT2D eigenvalue weighted by molar-refractivity contribution is 9.10. The first-order chi connectivity index (χ1) is 9.86. The summed E-state index contributed by atoms with van der Waals surface area (Å²) in [4.78, 5) is 12.2. The molecular formula is C17H21BrN2O. The Morgan fingerprint density at radius 1 is 1.33 bits per heavy atom. The highest BCUT2D eigenvalue weighted by Gasteiger charge is 2.59. The van der Waals surface area contributed by atoms with Crippen molar-refractivity contribution < 1.29 is 4.79 Å². The molecule has 0 saturated heterocycles. The summed E-state index contributed by atoms with van der Waals surface area (Å²) in [5, 5.41) is 4.49. The normalized spacial score (nSPS) is 31.6. The molecule has 21 heavy (non-hydrogen) atoms. The fourth-order valence-electron chi connectivity index (χ4n) is 3.92. The molecule has 0 aromatic heterocycles. The van der Waals surface area contributed by atoms with Crippen LogP contribution >= 0.6 is 15.9 Å². The molecule has 2 aliphatic rings. The summed E-state index contributed by atoms with van der Waals surface area (Å²) >= 11 is 3.40. The number of carbonyl (C=O) groups is 1. The molecule has 1 aromatic rings. The van der Waals surface area contributed by atoms with Crippen molar-refractivity contribution in [2.24, 2.45) is 21.8 Å². The van der Waals surface area contributed by atoms with Crippen molar-refractivity contribution in [1.29, 1.82) is 0 Å². The minimum Gasteiger partial charge on any atom is -0.267 e. The molecule has 0 spiro atoms. The Morgan fingerprint density at radius 3 is 2.62 bits per heavy atom. The molecule has 1 amide bonds. The van der Waals surface area contributed by atoms with E-state index in [4.69, 9.17) is 0 Å². The van der Waals surface area contributed by atoms with Gasteiger partial charge in [-0.05, 0) is 58.7 Å². The lowest BCUT2D eigenvalue weighted by molar-refractivity contribution is 0.0953. The molecule has 2 aliphatic carbocycles. The smallest absolute Gasteiger partial charge is 0.267 e. The largest absolute Gasteiger partial charge is 0.272 e. The van der Waals surface area contributed by atoms with Gasteiger partial charge in [-0.15, -0.1) is 0 Å². The summed E-state index contributed by atoms with van der Waals surface area (Å²) in [6.07, 6.45) is 3.47. The van der Waals surface area contributed by atoms with Crippen LogP contribution in [0.3, 0.4) is 0 Å². The van der Waals surface area contributed by atoms with Gasteiger partial charge >= 0.3 is 0 Å². The molecule has 0 aliphatic heterocycles. The van der Waals surface area contributed by atoms with Gasteiger partial charge in [0.25, 0.3) is 5.91 Å². The lowest BCUT2D eigenvalue weighted by Gasteiger charge is -2.34. The van der Waals surface area contributed by atoms with Crippen LogP contribution < -0.4 is 5.43 Å². The fourth-order valence-corrected chi connectivity index (χ4v) is 4.39. The number of hydrogen-bond acceptors (Lipinski definition) is 2. The number of carbonyl (C=O) groups excluding carboxylic acids is 1. The lowest BCUT2D eigenvalue weighted by Crippen LogP contribution is -2.34. The van der Waals surface area contributed by atoms with Gasteiger partial charge in [0.05, 0.1) is 5.56 Å². The maximum atomic E-state index is 12.2. The van der Waals surface area contributed by atoms with Crippen LogP contribution in [0.4, 0.5) is 0 Å². The Kier molecular flexibility index (Phi) is 3.47. The molecule has 2 fully saturated rings. The average molecular weight is 349 g/mol. The van der Waals surface area contributed by atoms with Crippen LogP contribution in [0.2, 0.25) is 0 Å². The van der Waals surface area contributed by atoms with Gasteiger partial charge in [-0.2, -0.15) is 5.10 Å². The number of rotatable bonds is 2. The zero-order valence-electron chi connectivity index (χ0n) is 12.7. The maximum absolute atomic E-state index is 12.2. The van der Waals surface area contributed by atoms with Gasteiger partial charge in [0.2, 0.25) is 0 Å². The van der Waals surface area contributed by atoms with Crippen LogP contribution in [0.5, 0.6) is 0 Å². The van der Waals surface area contributed by atoms with Crippen LogP contribution in [-0.4, -0.2) is 11.6 Å². The third kappa shape index (κ3) is 2.15. The van der Waals surface area contributed by atoms with Crippen molar-refractivity contribution in [1.82, 2.24) is 5.43 Å². The second-order valence-electron chi connectivity index (χ2n) is 6.97. The third-order valence-electron chi connectivity index (χ3n) is 5.92. The van der Waals surface area contributed by atoms with Gasteiger partial charge in [-0.25, -0.2) is 5.43 Å². The SMILES string of the molecule is CC1(C)[C@H]2CC[C@@]1(C)/C(=N\NC(=O)c1ccccc1Br)C2. The number of fused-ring (bicyclic) bond motifs is 2. The van der Waals surface area contributed by atoms with Crippen molar-refractivity contribution in [3.63, 3.8) is 0 Å². The van der Waals surface area contributed by atoms with Crippen molar-refractivity contribution in [2.75, 3.05) is 0 Å². The van der Waals surface area contributed by atoms with Gasteiger partial charge in [-0.3, -0.25) is 4.79 Å². The first-order valence-corrected chi connectivity index (χ1v) is 8.27. The standard InChI is InChI=1S/C17H21BrN2O/c1-16(2)11-8-9-17(16,3)14(10-11)19-20-15(21)12-6-4-5-7-13(12)18/h4-7,11H,8-10H2,1-3H3,(H,20,21)/b19-14-/t11-,17-/m0/s1. The predicted octanol–water partition coefficient (Wildman–Crippen LogP) is 4.38. The number of benzene rings is 1. The Balaban J connectivity index is 1.79. The number of halogens is 1. The molecule has 3 rings (SSSR count). The zero-order chi connectivity index (χ0) is 15.3. The van der Waals surface area contributed by atoms with E-state index in [-0.39, 0.29) is 16.7 Å². The highest BCUT2D eigenvalue weighted by Crippen LogP contribution is 2.63. The van der Waals surface area contributed by atoms with E-state index in [9.17, 15) is 4.79 Å². The lowest BCUT2D eigenvalue weighted by atomic mass is 9.70. The molecule has 0 unspecified atom stereocenters. The quantitative estimate of drug-likeness (QED) is 0.791. The van der Waals surface area contributed by atoms with Crippen molar-refractivity contribution in [3.05, 3.63) is 34.3 Å². The van der Waals surface area contributed by atoms with Crippen LogP contribution in [0.1, 0.15) is 50.4 Å². The summed E-state index contributed by atoms with van der Waals surface area (Å²) in [7, 11) is 0. The highest BCUT2D eigenvalue weighted by atomic mass is 79.9. The zero-order valence-corrected chi connectivity index (χ0v) is 14.3.